The molecule has 0 spiro atoms. The van der Waals surface area contributed by atoms with Crippen molar-refractivity contribution in [1.82, 2.24) is 9.62 Å². The van der Waals surface area contributed by atoms with Crippen LogP contribution in [0.1, 0.15) is 25.3 Å². The van der Waals surface area contributed by atoms with E-state index >= 15 is 13.2 Å². The van der Waals surface area contributed by atoms with Crippen LogP contribution >= 0.6 is 0 Å². The van der Waals surface area contributed by atoms with E-state index in [1.165, 1.54) is 31.2 Å². The number of carbonyl (C=O) groups is 1. The molecule has 1 unspecified atom stereocenters. The van der Waals surface area contributed by atoms with Crippen LogP contribution in [0.4, 0.5) is 26.3 Å². The lowest BCUT2D eigenvalue weighted by Gasteiger charge is -2.35. The van der Waals surface area contributed by atoms with Gasteiger partial charge in [-0.2, -0.15) is 4.55 Å². The molecule has 12 heteroatoms. The van der Waals surface area contributed by atoms with E-state index in [0.717, 1.165) is 17.0 Å². The molecule has 5 nitrogen and oxygen atoms in total. The number of likely N-dealkylation sites (tertiary alicyclic amines) is 1. The molecule has 2 aliphatic rings. The Labute approximate surface area is 205 Å². The molecule has 4 rings (SSSR count). The number of hydrogen-bond donors (Lipinski definition) is 2. The number of amides is 1. The Morgan fingerprint density at radius 1 is 1.11 bits per heavy atom. The fourth-order valence-electron chi connectivity index (χ4n) is 4.69. The molecule has 1 amide bonds. The molecule has 1 aliphatic heterocycles. The summed E-state index contributed by atoms with van der Waals surface area (Å²) < 4.78 is 111. The number of nitrogens with zero attached hydrogens (tertiary/aromatic N) is 1. The van der Waals surface area contributed by atoms with Crippen LogP contribution in [-0.2, 0) is 25.8 Å². The predicted octanol–water partition coefficient (Wildman–Crippen LogP) is 4.77. The van der Waals surface area contributed by atoms with Gasteiger partial charge in [0.05, 0.1) is 12.6 Å². The fraction of sp³-hybridized carbons (Fsp3) is 0.458. The fourth-order valence-corrected chi connectivity index (χ4v) is 5.58. The van der Waals surface area contributed by atoms with E-state index in [1.54, 1.807) is 0 Å². The van der Waals surface area contributed by atoms with Gasteiger partial charge in [0, 0.05) is 17.0 Å². The minimum atomic E-state index is -3.90. The number of hydrogen-bond acceptors (Lipinski definition) is 2. The van der Waals surface area contributed by atoms with Crippen LogP contribution in [0.25, 0.3) is 11.1 Å². The summed E-state index contributed by atoms with van der Waals surface area (Å²) in [6, 6.07) is 3.54. The molecule has 36 heavy (non-hydrogen) atoms. The van der Waals surface area contributed by atoms with Gasteiger partial charge in [0.2, 0.25) is 5.91 Å². The summed E-state index contributed by atoms with van der Waals surface area (Å²) in [5.41, 5.74) is -0.863. The van der Waals surface area contributed by atoms with E-state index in [9.17, 15) is 26.7 Å². The Hall–Kier alpha value is -2.44. The number of carbonyl (C=O) groups excluding carboxylic acids is 1. The van der Waals surface area contributed by atoms with Crippen molar-refractivity contribution in [3.05, 3.63) is 59.4 Å². The lowest BCUT2D eigenvalue weighted by molar-refractivity contribution is -0.142. The van der Waals surface area contributed by atoms with Gasteiger partial charge in [-0.05, 0) is 42.0 Å². The van der Waals surface area contributed by atoms with Gasteiger partial charge in [-0.25, -0.2) is 26.3 Å². The summed E-state index contributed by atoms with van der Waals surface area (Å²) in [7, 11) is -3.90. The standard InChI is InChI=1S/C24H24F6N2O3S/c1-2-36(34,35)31-22-19(32(12-24(22,29)30)23(33)14-9-15(25)10-14)11-13-5-3-6-16(20(13)27)17-7-4-8-18(26)21(17)28/h3-8,14-15,19,22H,2,9-12H2,1H3,(H-,31,34,35)/p+1/t14?,15?,19-,22+/m0/s1. The SMILES string of the molecule is CC[S+](=O)(O)N[C@@H]1[C@H](Cc2cccc(-c3cccc(F)c3F)c2F)N(C(=O)C2CC(F)C2)CC1(F)F. The largest absolute Gasteiger partial charge is 0.331 e. The molecule has 196 valence electrons. The average Bonchev–Trinajstić information content (AvgIpc) is 3.04. The van der Waals surface area contributed by atoms with Crippen LogP contribution in [0.2, 0.25) is 0 Å². The monoisotopic (exact) mass is 535 g/mol. The molecule has 0 aromatic heterocycles. The second-order valence-electron chi connectivity index (χ2n) is 9.17. The van der Waals surface area contributed by atoms with E-state index in [-0.39, 0.29) is 29.5 Å². The zero-order valence-corrected chi connectivity index (χ0v) is 20.0. The minimum Gasteiger partial charge on any atom is -0.331 e. The van der Waals surface area contributed by atoms with E-state index in [2.05, 4.69) is 0 Å². The highest BCUT2D eigenvalue weighted by Gasteiger charge is 2.60. The molecule has 1 aliphatic carbocycles. The summed E-state index contributed by atoms with van der Waals surface area (Å²) in [4.78, 5) is 13.8. The van der Waals surface area contributed by atoms with Crippen molar-refractivity contribution < 1.29 is 39.9 Å². The van der Waals surface area contributed by atoms with Crippen LogP contribution in [0.15, 0.2) is 36.4 Å². The first-order chi connectivity index (χ1) is 16.8. The lowest BCUT2D eigenvalue weighted by Crippen LogP contribution is -2.55. The van der Waals surface area contributed by atoms with Gasteiger partial charge in [0.1, 0.15) is 18.0 Å². The Bertz CT molecular complexity index is 1210. The molecule has 2 N–H and O–H groups in total. The average molecular weight is 536 g/mol. The third-order valence-corrected chi connectivity index (χ3v) is 8.19. The van der Waals surface area contributed by atoms with Gasteiger partial charge in [-0.1, -0.05) is 35.1 Å². The first-order valence-corrected chi connectivity index (χ1v) is 13.1. The molecule has 0 radical (unpaired) electrons. The molecular formula is C24H25F6N2O3S+. The smallest absolute Gasteiger partial charge is 0.288 e. The van der Waals surface area contributed by atoms with Crippen molar-refractivity contribution in [1.29, 1.82) is 0 Å². The maximum atomic E-state index is 15.5. The molecule has 0 bridgehead atoms. The maximum Gasteiger partial charge on any atom is 0.288 e. The highest BCUT2D eigenvalue weighted by molar-refractivity contribution is 7.95. The van der Waals surface area contributed by atoms with Crippen LogP contribution in [0.5, 0.6) is 0 Å². The van der Waals surface area contributed by atoms with Crippen molar-refractivity contribution in [2.75, 3.05) is 12.3 Å². The molecule has 3 atom stereocenters. The van der Waals surface area contributed by atoms with Gasteiger partial charge in [0.25, 0.3) is 16.3 Å². The topological polar surface area (TPSA) is 69.6 Å². The predicted molar refractivity (Wildman–Crippen MR) is 122 cm³/mol. The van der Waals surface area contributed by atoms with Crippen LogP contribution in [0.3, 0.4) is 0 Å². The Balaban J connectivity index is 1.73. The van der Waals surface area contributed by atoms with Crippen molar-refractivity contribution >= 4 is 16.3 Å². The molecule has 2 aromatic carbocycles. The summed E-state index contributed by atoms with van der Waals surface area (Å²) in [5, 5.41) is 0. The van der Waals surface area contributed by atoms with E-state index in [4.69, 9.17) is 0 Å². The normalized spacial score (nSPS) is 26.9. The van der Waals surface area contributed by atoms with E-state index in [0.29, 0.717) is 0 Å². The van der Waals surface area contributed by atoms with Crippen LogP contribution in [-0.4, -0.2) is 51.8 Å². The number of benzene rings is 2. The Morgan fingerprint density at radius 2 is 1.72 bits per heavy atom. The van der Waals surface area contributed by atoms with Crippen LogP contribution < -0.4 is 4.72 Å². The van der Waals surface area contributed by atoms with E-state index in [1.807, 2.05) is 4.72 Å². The lowest BCUT2D eigenvalue weighted by atomic mass is 9.82. The number of alkyl halides is 3. The third-order valence-electron chi connectivity index (χ3n) is 6.79. The first kappa shape index (κ1) is 26.6. The first-order valence-electron chi connectivity index (χ1n) is 11.4. The van der Waals surface area contributed by atoms with Gasteiger partial charge in [-0.3, -0.25) is 4.79 Å². The molecule has 1 heterocycles. The van der Waals surface area contributed by atoms with Crippen molar-refractivity contribution in [2.45, 2.75) is 50.4 Å². The highest BCUT2D eigenvalue weighted by atomic mass is 32.3. The number of rotatable bonds is 7. The van der Waals surface area contributed by atoms with Gasteiger partial charge in [0.15, 0.2) is 17.4 Å². The summed E-state index contributed by atoms with van der Waals surface area (Å²) >= 11 is 0. The number of nitrogens with one attached hydrogen (secondary N) is 1. The van der Waals surface area contributed by atoms with Crippen LogP contribution in [0, 0.1) is 23.4 Å². The maximum absolute atomic E-state index is 15.5. The molecule has 1 saturated carbocycles. The van der Waals surface area contributed by atoms with Crippen molar-refractivity contribution in [2.24, 2.45) is 5.92 Å². The summed E-state index contributed by atoms with van der Waals surface area (Å²) in [6.07, 6.45) is -1.98. The molecule has 2 aromatic rings. The Kier molecular flexibility index (Phi) is 7.24. The third kappa shape index (κ3) is 5.03. The second kappa shape index (κ2) is 9.79. The zero-order valence-electron chi connectivity index (χ0n) is 19.2. The van der Waals surface area contributed by atoms with Gasteiger partial charge < -0.3 is 4.90 Å². The highest BCUT2D eigenvalue weighted by Crippen LogP contribution is 2.40. The zero-order chi connectivity index (χ0) is 26.4. The molecule has 2 fully saturated rings. The minimum absolute atomic E-state index is 0.125. The van der Waals surface area contributed by atoms with Crippen molar-refractivity contribution in [3.8, 4) is 11.1 Å². The van der Waals surface area contributed by atoms with Crippen molar-refractivity contribution in [3.63, 3.8) is 0 Å². The summed E-state index contributed by atoms with van der Waals surface area (Å²) in [6.45, 7) is 0.216. The summed E-state index contributed by atoms with van der Waals surface area (Å²) in [5.74, 6) is -9.09. The van der Waals surface area contributed by atoms with E-state index < -0.39 is 82.6 Å². The van der Waals surface area contributed by atoms with Gasteiger partial charge in [-0.15, -0.1) is 0 Å². The number of halogens is 6. The second-order valence-corrected chi connectivity index (χ2v) is 11.3. The molecule has 1 saturated heterocycles. The van der Waals surface area contributed by atoms with Gasteiger partial charge >= 0.3 is 0 Å². The molecular weight excluding hydrogens is 510 g/mol. The quantitative estimate of drug-likeness (QED) is 0.397. The Morgan fingerprint density at radius 3 is 2.33 bits per heavy atom.